The van der Waals surface area contributed by atoms with Crippen molar-refractivity contribution in [3.05, 3.63) is 36.4 Å². The van der Waals surface area contributed by atoms with Crippen LogP contribution in [0.4, 0.5) is 0 Å². The van der Waals surface area contributed by atoms with Crippen molar-refractivity contribution in [3.63, 3.8) is 0 Å². The van der Waals surface area contributed by atoms with Crippen LogP contribution in [0.1, 0.15) is 42.5 Å². The molecule has 2 aliphatic carbocycles. The van der Waals surface area contributed by atoms with Crippen molar-refractivity contribution in [2.45, 2.75) is 44.2 Å². The summed E-state index contributed by atoms with van der Waals surface area (Å²) in [6, 6.07) is 5.81. The van der Waals surface area contributed by atoms with Crippen LogP contribution in [0.2, 0.25) is 0 Å². The molecule has 6 heteroatoms. The van der Waals surface area contributed by atoms with Crippen LogP contribution in [-0.2, 0) is 0 Å². The van der Waals surface area contributed by atoms with Crippen molar-refractivity contribution in [1.82, 2.24) is 5.32 Å². The minimum atomic E-state index is -0.0501. The summed E-state index contributed by atoms with van der Waals surface area (Å²) in [5.41, 5.74) is 6.77. The van der Waals surface area contributed by atoms with E-state index in [0.29, 0.717) is 35.5 Å². The highest BCUT2D eigenvalue weighted by Gasteiger charge is 2.40. The first-order valence-electron chi connectivity index (χ1n) is 9.10. The van der Waals surface area contributed by atoms with E-state index in [4.69, 9.17) is 15.2 Å². The molecule has 0 aromatic heterocycles. The third-order valence-corrected chi connectivity index (χ3v) is 5.46. The van der Waals surface area contributed by atoms with E-state index in [1.165, 1.54) is 6.42 Å². The number of amides is 1. The molecule has 0 saturated heterocycles. The van der Waals surface area contributed by atoms with Gasteiger partial charge in [0.05, 0.1) is 7.11 Å². The molecule has 0 radical (unpaired) electrons. The van der Waals surface area contributed by atoms with Crippen LogP contribution in [0.25, 0.3) is 0 Å². The van der Waals surface area contributed by atoms with Crippen LogP contribution in [0.15, 0.2) is 30.9 Å². The molecule has 3 N–H and O–H groups in total. The standard InChI is InChI=1S/C20H28N2O3.ClH/c1-3-9-25-17-8-7-15(12-18(17)24-2)20(23)22-19-13-5-4-6-14(19)11-16(21)10-13;/h3,7-8,12-14,16,19H,1,4-6,9-11,21H2,2H3,(H,22,23);1H. The predicted octanol–water partition coefficient (Wildman–Crippen LogP) is 3.32. The second-order valence-electron chi connectivity index (χ2n) is 7.15. The Hall–Kier alpha value is -1.72. The number of methoxy groups -OCH3 is 1. The molecule has 0 spiro atoms. The maximum Gasteiger partial charge on any atom is 0.251 e. The van der Waals surface area contributed by atoms with Crippen LogP contribution in [0.3, 0.4) is 0 Å². The number of benzene rings is 1. The number of carbonyl (C=O) groups is 1. The molecule has 1 amide bonds. The van der Waals surface area contributed by atoms with Crippen molar-refractivity contribution in [1.29, 1.82) is 0 Å². The first-order valence-corrected chi connectivity index (χ1v) is 9.10. The van der Waals surface area contributed by atoms with Crippen LogP contribution in [0, 0.1) is 11.8 Å². The topological polar surface area (TPSA) is 73.6 Å². The van der Waals surface area contributed by atoms with Crippen molar-refractivity contribution < 1.29 is 14.3 Å². The predicted molar refractivity (Wildman–Crippen MR) is 105 cm³/mol. The number of nitrogens with one attached hydrogen (secondary N) is 1. The minimum absolute atomic E-state index is 0. The molecular weight excluding hydrogens is 352 g/mol. The molecule has 1 aromatic carbocycles. The van der Waals surface area contributed by atoms with Gasteiger partial charge in [0.15, 0.2) is 11.5 Å². The molecule has 144 valence electrons. The Morgan fingerprint density at radius 3 is 2.62 bits per heavy atom. The van der Waals surface area contributed by atoms with E-state index in [0.717, 1.165) is 25.7 Å². The van der Waals surface area contributed by atoms with Gasteiger partial charge < -0.3 is 20.5 Å². The molecule has 0 heterocycles. The summed E-state index contributed by atoms with van der Waals surface area (Å²) in [6.45, 7) is 4.03. The molecule has 3 rings (SSSR count). The molecule has 2 saturated carbocycles. The molecule has 5 nitrogen and oxygen atoms in total. The highest BCUT2D eigenvalue weighted by Crippen LogP contribution is 2.40. The highest BCUT2D eigenvalue weighted by atomic mass is 35.5. The number of nitrogens with two attached hydrogens (primary N) is 1. The minimum Gasteiger partial charge on any atom is -0.493 e. The normalized spacial score (nSPS) is 27.0. The second-order valence-corrected chi connectivity index (χ2v) is 7.15. The van der Waals surface area contributed by atoms with E-state index in [1.807, 2.05) is 0 Å². The Balaban J connectivity index is 0.00000243. The smallest absolute Gasteiger partial charge is 0.251 e. The third-order valence-electron chi connectivity index (χ3n) is 5.46. The number of carbonyl (C=O) groups excluding carboxylic acids is 1. The Morgan fingerprint density at radius 2 is 2.00 bits per heavy atom. The zero-order chi connectivity index (χ0) is 17.8. The average Bonchev–Trinajstić information content (AvgIpc) is 2.60. The Bertz CT molecular complexity index is 623. The molecular formula is C20H29ClN2O3. The van der Waals surface area contributed by atoms with Gasteiger partial charge in [-0.1, -0.05) is 19.1 Å². The van der Waals surface area contributed by atoms with Gasteiger partial charge in [0.2, 0.25) is 0 Å². The van der Waals surface area contributed by atoms with E-state index < -0.39 is 0 Å². The van der Waals surface area contributed by atoms with Gasteiger partial charge in [-0.25, -0.2) is 0 Å². The summed E-state index contributed by atoms with van der Waals surface area (Å²) in [5.74, 6) is 2.12. The fraction of sp³-hybridized carbons (Fsp3) is 0.550. The largest absolute Gasteiger partial charge is 0.493 e. The first-order chi connectivity index (χ1) is 12.1. The van der Waals surface area contributed by atoms with Crippen molar-refractivity contribution in [2.24, 2.45) is 17.6 Å². The summed E-state index contributed by atoms with van der Waals surface area (Å²) < 4.78 is 10.9. The van der Waals surface area contributed by atoms with E-state index in [-0.39, 0.29) is 30.4 Å². The van der Waals surface area contributed by atoms with Gasteiger partial charge in [-0.05, 0) is 55.7 Å². The summed E-state index contributed by atoms with van der Waals surface area (Å²) in [6.07, 6.45) is 7.27. The monoisotopic (exact) mass is 380 g/mol. The van der Waals surface area contributed by atoms with Gasteiger partial charge in [0.25, 0.3) is 5.91 Å². The van der Waals surface area contributed by atoms with E-state index >= 15 is 0 Å². The average molecular weight is 381 g/mol. The molecule has 1 aromatic rings. The molecule has 2 aliphatic rings. The molecule has 0 aliphatic heterocycles. The molecule has 2 bridgehead atoms. The van der Waals surface area contributed by atoms with Crippen molar-refractivity contribution in [3.8, 4) is 11.5 Å². The van der Waals surface area contributed by atoms with Crippen LogP contribution in [-0.4, -0.2) is 31.7 Å². The Morgan fingerprint density at radius 1 is 1.31 bits per heavy atom. The number of ether oxygens (including phenoxy) is 2. The zero-order valence-electron chi connectivity index (χ0n) is 15.3. The lowest BCUT2D eigenvalue weighted by molar-refractivity contribution is 0.0755. The fourth-order valence-electron chi connectivity index (χ4n) is 4.34. The quantitative estimate of drug-likeness (QED) is 0.742. The van der Waals surface area contributed by atoms with Gasteiger partial charge in [0, 0.05) is 17.6 Å². The third kappa shape index (κ3) is 4.51. The van der Waals surface area contributed by atoms with Gasteiger partial charge >= 0.3 is 0 Å². The molecule has 2 unspecified atom stereocenters. The van der Waals surface area contributed by atoms with Crippen LogP contribution < -0.4 is 20.5 Å². The summed E-state index contributed by atoms with van der Waals surface area (Å²) in [7, 11) is 1.57. The zero-order valence-corrected chi connectivity index (χ0v) is 16.1. The molecule has 26 heavy (non-hydrogen) atoms. The van der Waals surface area contributed by atoms with Crippen LogP contribution >= 0.6 is 12.4 Å². The van der Waals surface area contributed by atoms with E-state index in [1.54, 1.807) is 31.4 Å². The Kier molecular flexibility index (Phi) is 7.35. The SMILES string of the molecule is C=CCOc1ccc(C(=O)NC2C3CCCC2CC(N)C3)cc1OC.Cl. The summed E-state index contributed by atoms with van der Waals surface area (Å²) >= 11 is 0. The fourth-order valence-corrected chi connectivity index (χ4v) is 4.34. The maximum absolute atomic E-state index is 12.8. The van der Waals surface area contributed by atoms with Crippen LogP contribution in [0.5, 0.6) is 11.5 Å². The lowest BCUT2D eigenvalue weighted by atomic mass is 9.67. The maximum atomic E-state index is 12.8. The number of hydrogen-bond acceptors (Lipinski definition) is 4. The first kappa shape index (κ1) is 20.6. The van der Waals surface area contributed by atoms with Gasteiger partial charge in [-0.3, -0.25) is 4.79 Å². The van der Waals surface area contributed by atoms with E-state index in [9.17, 15) is 4.79 Å². The van der Waals surface area contributed by atoms with Crippen molar-refractivity contribution >= 4 is 18.3 Å². The van der Waals surface area contributed by atoms with Gasteiger partial charge in [-0.15, -0.1) is 12.4 Å². The van der Waals surface area contributed by atoms with Crippen molar-refractivity contribution in [2.75, 3.05) is 13.7 Å². The number of fused-ring (bicyclic) bond motifs is 2. The summed E-state index contributed by atoms with van der Waals surface area (Å²) in [4.78, 5) is 12.8. The van der Waals surface area contributed by atoms with Gasteiger partial charge in [-0.2, -0.15) is 0 Å². The number of halogens is 1. The molecule has 2 atom stereocenters. The molecule has 2 fully saturated rings. The number of rotatable bonds is 6. The second kappa shape index (κ2) is 9.28. The summed E-state index contributed by atoms with van der Waals surface area (Å²) in [5, 5.41) is 3.26. The highest BCUT2D eigenvalue weighted by molar-refractivity contribution is 5.95. The lowest BCUT2D eigenvalue weighted by Crippen LogP contribution is -2.53. The van der Waals surface area contributed by atoms with E-state index in [2.05, 4.69) is 11.9 Å². The number of hydrogen-bond donors (Lipinski definition) is 2. The Labute approximate surface area is 161 Å². The lowest BCUT2D eigenvalue weighted by Gasteiger charge is -2.45. The van der Waals surface area contributed by atoms with Gasteiger partial charge in [0.1, 0.15) is 6.61 Å².